The molecule has 1 aromatic rings. The molecule has 1 aliphatic heterocycles. The smallest absolute Gasteiger partial charge is 0.254 e. The van der Waals surface area contributed by atoms with Gasteiger partial charge in [-0.05, 0) is 12.1 Å². The first kappa shape index (κ1) is 16.6. The number of ether oxygens (including phenoxy) is 3. The summed E-state index contributed by atoms with van der Waals surface area (Å²) in [5.41, 5.74) is 0.600. The SMILES string of the molecule is COc1ccc(NC(=O)C2CNCCO2)c(OC)c1.Cl. The molecule has 0 bridgehead atoms. The van der Waals surface area contributed by atoms with Gasteiger partial charge in [-0.3, -0.25) is 4.79 Å². The Morgan fingerprint density at radius 3 is 2.80 bits per heavy atom. The van der Waals surface area contributed by atoms with Crippen LogP contribution in [0.2, 0.25) is 0 Å². The summed E-state index contributed by atoms with van der Waals surface area (Å²) in [6, 6.07) is 5.22. The summed E-state index contributed by atoms with van der Waals surface area (Å²) in [6.07, 6.45) is -0.472. The second-order valence-electron chi connectivity index (χ2n) is 4.12. The van der Waals surface area contributed by atoms with Crippen molar-refractivity contribution >= 4 is 24.0 Å². The predicted octanol–water partition coefficient (Wildman–Crippen LogP) is 1.05. The first-order valence-corrected chi connectivity index (χ1v) is 6.10. The van der Waals surface area contributed by atoms with Crippen molar-refractivity contribution in [1.29, 1.82) is 0 Å². The van der Waals surface area contributed by atoms with Gasteiger partial charge in [0.05, 0.1) is 26.5 Å². The van der Waals surface area contributed by atoms with Crippen LogP contribution in [0.3, 0.4) is 0 Å². The van der Waals surface area contributed by atoms with Crippen LogP contribution in [0.15, 0.2) is 18.2 Å². The minimum absolute atomic E-state index is 0. The largest absolute Gasteiger partial charge is 0.497 e. The molecule has 1 aromatic carbocycles. The number of carbonyl (C=O) groups is 1. The van der Waals surface area contributed by atoms with Gasteiger partial charge in [-0.15, -0.1) is 12.4 Å². The van der Waals surface area contributed by atoms with E-state index in [-0.39, 0.29) is 18.3 Å². The van der Waals surface area contributed by atoms with Crippen molar-refractivity contribution in [2.75, 3.05) is 39.2 Å². The van der Waals surface area contributed by atoms with Crippen LogP contribution in [0.1, 0.15) is 0 Å². The van der Waals surface area contributed by atoms with E-state index in [0.717, 1.165) is 6.54 Å². The second kappa shape index (κ2) is 7.94. The Hall–Kier alpha value is -1.50. The summed E-state index contributed by atoms with van der Waals surface area (Å²) < 4.78 is 15.7. The maximum absolute atomic E-state index is 12.0. The molecule has 0 saturated carbocycles. The monoisotopic (exact) mass is 302 g/mol. The van der Waals surface area contributed by atoms with E-state index in [1.165, 1.54) is 0 Å². The summed E-state index contributed by atoms with van der Waals surface area (Å²) in [5.74, 6) is 1.04. The fraction of sp³-hybridized carbons (Fsp3) is 0.462. The lowest BCUT2D eigenvalue weighted by Gasteiger charge is -2.23. The highest BCUT2D eigenvalue weighted by molar-refractivity contribution is 5.95. The number of hydrogen-bond acceptors (Lipinski definition) is 5. The zero-order valence-corrected chi connectivity index (χ0v) is 12.3. The molecule has 0 radical (unpaired) electrons. The predicted molar refractivity (Wildman–Crippen MR) is 78.0 cm³/mol. The van der Waals surface area contributed by atoms with Crippen LogP contribution in [-0.4, -0.2) is 45.9 Å². The molecule has 1 saturated heterocycles. The van der Waals surface area contributed by atoms with Crippen LogP contribution in [0.25, 0.3) is 0 Å². The number of morpholine rings is 1. The number of nitrogens with one attached hydrogen (secondary N) is 2. The van der Waals surface area contributed by atoms with Crippen molar-refractivity contribution in [3.63, 3.8) is 0 Å². The number of halogens is 1. The molecule has 112 valence electrons. The molecule has 2 N–H and O–H groups in total. The third-order valence-electron chi connectivity index (χ3n) is 2.89. The van der Waals surface area contributed by atoms with Crippen molar-refractivity contribution in [3.05, 3.63) is 18.2 Å². The minimum Gasteiger partial charge on any atom is -0.497 e. The Kier molecular flexibility index (Phi) is 6.57. The molecule has 0 aromatic heterocycles. The zero-order chi connectivity index (χ0) is 13.7. The quantitative estimate of drug-likeness (QED) is 0.870. The molecule has 1 heterocycles. The van der Waals surface area contributed by atoms with Crippen molar-refractivity contribution in [2.45, 2.75) is 6.10 Å². The molecule has 1 atom stereocenters. The third-order valence-corrected chi connectivity index (χ3v) is 2.89. The van der Waals surface area contributed by atoms with Gasteiger partial charge in [0.15, 0.2) is 0 Å². The third kappa shape index (κ3) is 4.00. The van der Waals surface area contributed by atoms with Gasteiger partial charge < -0.3 is 24.8 Å². The van der Waals surface area contributed by atoms with E-state index in [2.05, 4.69) is 10.6 Å². The van der Waals surface area contributed by atoms with E-state index in [4.69, 9.17) is 14.2 Å². The highest BCUT2D eigenvalue weighted by atomic mass is 35.5. The summed E-state index contributed by atoms with van der Waals surface area (Å²) in [4.78, 5) is 12.0. The van der Waals surface area contributed by atoms with Gasteiger partial charge in [0.1, 0.15) is 17.6 Å². The average Bonchev–Trinajstić information content (AvgIpc) is 2.48. The molecule has 0 spiro atoms. The fourth-order valence-electron chi connectivity index (χ4n) is 1.85. The molecule has 2 rings (SSSR count). The normalized spacial score (nSPS) is 17.8. The highest BCUT2D eigenvalue weighted by Gasteiger charge is 2.22. The number of methoxy groups -OCH3 is 2. The van der Waals surface area contributed by atoms with Crippen molar-refractivity contribution in [2.24, 2.45) is 0 Å². The van der Waals surface area contributed by atoms with E-state index >= 15 is 0 Å². The molecule has 1 unspecified atom stereocenters. The maximum atomic E-state index is 12.0. The molecule has 6 nitrogen and oxygen atoms in total. The number of benzene rings is 1. The van der Waals surface area contributed by atoms with E-state index in [1.807, 2.05) is 0 Å². The average molecular weight is 303 g/mol. The lowest BCUT2D eigenvalue weighted by atomic mass is 10.2. The lowest BCUT2D eigenvalue weighted by Crippen LogP contribution is -2.45. The number of rotatable bonds is 4. The summed E-state index contributed by atoms with van der Waals surface area (Å²) in [6.45, 7) is 1.83. The first-order valence-electron chi connectivity index (χ1n) is 6.10. The van der Waals surface area contributed by atoms with E-state index in [1.54, 1.807) is 32.4 Å². The van der Waals surface area contributed by atoms with E-state index in [0.29, 0.717) is 30.3 Å². The lowest BCUT2D eigenvalue weighted by molar-refractivity contribution is -0.128. The van der Waals surface area contributed by atoms with Gasteiger partial charge in [-0.25, -0.2) is 0 Å². The Bertz CT molecular complexity index is 450. The molecular formula is C13H19ClN2O4. The van der Waals surface area contributed by atoms with Crippen molar-refractivity contribution in [1.82, 2.24) is 5.32 Å². The molecule has 20 heavy (non-hydrogen) atoms. The van der Waals surface area contributed by atoms with Gasteiger partial charge in [0.25, 0.3) is 5.91 Å². The van der Waals surface area contributed by atoms with Crippen LogP contribution in [0, 0.1) is 0 Å². The minimum atomic E-state index is -0.472. The van der Waals surface area contributed by atoms with Gasteiger partial charge in [0.2, 0.25) is 0 Å². The van der Waals surface area contributed by atoms with Crippen molar-refractivity contribution < 1.29 is 19.0 Å². The van der Waals surface area contributed by atoms with Crippen LogP contribution in [-0.2, 0) is 9.53 Å². The standard InChI is InChI=1S/C13H18N2O4.ClH/c1-17-9-3-4-10(11(7-9)18-2)15-13(16)12-8-14-5-6-19-12;/h3-4,7,12,14H,5-6,8H2,1-2H3,(H,15,16);1H. The van der Waals surface area contributed by atoms with Crippen LogP contribution in [0.5, 0.6) is 11.5 Å². The van der Waals surface area contributed by atoms with E-state index in [9.17, 15) is 4.79 Å². The molecule has 1 amide bonds. The maximum Gasteiger partial charge on any atom is 0.254 e. The first-order chi connectivity index (χ1) is 9.24. The summed E-state index contributed by atoms with van der Waals surface area (Å²) in [5, 5.41) is 5.91. The Balaban J connectivity index is 0.00000200. The molecule has 0 aliphatic carbocycles. The Morgan fingerprint density at radius 2 is 2.20 bits per heavy atom. The van der Waals surface area contributed by atoms with Crippen LogP contribution >= 0.6 is 12.4 Å². The Morgan fingerprint density at radius 1 is 1.40 bits per heavy atom. The second-order valence-corrected chi connectivity index (χ2v) is 4.12. The molecule has 7 heteroatoms. The topological polar surface area (TPSA) is 68.8 Å². The molecule has 1 fully saturated rings. The number of hydrogen-bond donors (Lipinski definition) is 2. The van der Waals surface area contributed by atoms with Crippen LogP contribution < -0.4 is 20.1 Å². The molecule has 1 aliphatic rings. The van der Waals surface area contributed by atoms with Crippen LogP contribution in [0.4, 0.5) is 5.69 Å². The highest BCUT2D eigenvalue weighted by Crippen LogP contribution is 2.29. The Labute approximate surface area is 124 Å². The van der Waals surface area contributed by atoms with Gasteiger partial charge in [0, 0.05) is 19.2 Å². The van der Waals surface area contributed by atoms with Gasteiger partial charge in [-0.1, -0.05) is 0 Å². The van der Waals surface area contributed by atoms with Gasteiger partial charge in [-0.2, -0.15) is 0 Å². The van der Waals surface area contributed by atoms with Crippen molar-refractivity contribution in [3.8, 4) is 11.5 Å². The summed E-state index contributed by atoms with van der Waals surface area (Å²) in [7, 11) is 3.12. The molecular weight excluding hydrogens is 284 g/mol. The summed E-state index contributed by atoms with van der Waals surface area (Å²) >= 11 is 0. The number of anilines is 1. The number of amides is 1. The van der Waals surface area contributed by atoms with E-state index < -0.39 is 6.10 Å². The zero-order valence-electron chi connectivity index (χ0n) is 11.5. The fourth-order valence-corrected chi connectivity index (χ4v) is 1.85. The number of carbonyl (C=O) groups excluding carboxylic acids is 1. The van der Waals surface area contributed by atoms with Gasteiger partial charge >= 0.3 is 0 Å².